The number of anilines is 1. The molecular weight excluding hydrogens is 268 g/mol. The fourth-order valence-electron chi connectivity index (χ4n) is 1.90. The van der Waals surface area contributed by atoms with Crippen LogP contribution in [0.2, 0.25) is 0 Å². The van der Waals surface area contributed by atoms with Crippen LogP contribution in [0.15, 0.2) is 60.7 Å². The predicted molar refractivity (Wildman–Crippen MR) is 100 cm³/mol. The molecule has 0 fully saturated rings. The van der Waals surface area contributed by atoms with Gasteiger partial charge in [-0.1, -0.05) is 76.2 Å². The van der Waals surface area contributed by atoms with E-state index in [9.17, 15) is 0 Å². The van der Waals surface area contributed by atoms with Gasteiger partial charge in [-0.25, -0.2) is 0 Å². The fourth-order valence-corrected chi connectivity index (χ4v) is 1.90. The van der Waals surface area contributed by atoms with Crippen LogP contribution in [0.4, 0.5) is 5.69 Å². The third-order valence-electron chi connectivity index (χ3n) is 2.72. The summed E-state index contributed by atoms with van der Waals surface area (Å²) in [7, 11) is 0. The van der Waals surface area contributed by atoms with Crippen molar-refractivity contribution >= 4 is 5.69 Å². The highest BCUT2D eigenvalue weighted by Crippen LogP contribution is 2.17. The van der Waals surface area contributed by atoms with E-state index < -0.39 is 0 Å². The number of para-hydroxylation sites is 1. The zero-order valence-corrected chi connectivity index (χ0v) is 14.9. The molecule has 0 radical (unpaired) electrons. The fraction of sp³-hybridized carbons (Fsp3) is 0.400. The molecule has 2 rings (SSSR count). The van der Waals surface area contributed by atoms with Gasteiger partial charge in [0.2, 0.25) is 0 Å². The summed E-state index contributed by atoms with van der Waals surface area (Å²) in [5.41, 5.74) is 2.37. The summed E-state index contributed by atoms with van der Waals surface area (Å²) in [6.45, 7) is 12.3. The molecule has 2 aromatic rings. The second-order valence-corrected chi connectivity index (χ2v) is 4.68. The Morgan fingerprint density at radius 3 is 1.59 bits per heavy atom. The van der Waals surface area contributed by atoms with E-state index in [1.807, 2.05) is 52.0 Å². The van der Waals surface area contributed by atoms with E-state index in [1.54, 1.807) is 0 Å². The largest absolute Gasteiger partial charge is 0.366 e. The highest BCUT2D eigenvalue weighted by Gasteiger charge is 2.11. The first kappa shape index (κ1) is 20.2. The van der Waals surface area contributed by atoms with Gasteiger partial charge >= 0.3 is 0 Å². The zero-order valence-electron chi connectivity index (χ0n) is 14.9. The summed E-state index contributed by atoms with van der Waals surface area (Å²) < 4.78 is 0. The maximum absolute atomic E-state index is 3.53. The van der Waals surface area contributed by atoms with E-state index in [2.05, 4.69) is 60.9 Å². The van der Waals surface area contributed by atoms with Crippen molar-refractivity contribution in [3.05, 3.63) is 66.2 Å². The van der Waals surface area contributed by atoms with Crippen LogP contribution in [0, 0.1) is 0 Å². The lowest BCUT2D eigenvalue weighted by atomic mass is 10.1. The van der Waals surface area contributed by atoms with E-state index in [4.69, 9.17) is 0 Å². The van der Waals surface area contributed by atoms with Gasteiger partial charge in [0.15, 0.2) is 0 Å². The maximum atomic E-state index is 3.53. The Kier molecular flexibility index (Phi) is 11.8. The van der Waals surface area contributed by atoms with Crippen molar-refractivity contribution in [3.63, 3.8) is 0 Å². The Bertz CT molecular complexity index is 452. The van der Waals surface area contributed by atoms with Crippen LogP contribution >= 0.6 is 0 Å². The molecule has 2 nitrogen and oxygen atoms in total. The number of benzene rings is 2. The highest BCUT2D eigenvalue weighted by atomic mass is 15.1. The molecule has 122 valence electrons. The van der Waals surface area contributed by atoms with E-state index in [-0.39, 0.29) is 6.17 Å². The summed E-state index contributed by atoms with van der Waals surface area (Å²) in [5, 5.41) is 7.05. The Hall–Kier alpha value is -1.80. The van der Waals surface area contributed by atoms with Crippen LogP contribution in [-0.4, -0.2) is 6.04 Å². The number of nitrogens with one attached hydrogen (secondary N) is 2. The highest BCUT2D eigenvalue weighted by molar-refractivity contribution is 5.45. The lowest BCUT2D eigenvalue weighted by Gasteiger charge is -2.24. The minimum Gasteiger partial charge on any atom is -0.366 e. The Balaban J connectivity index is 0.00000102. The van der Waals surface area contributed by atoms with Crippen LogP contribution in [0.3, 0.4) is 0 Å². The van der Waals surface area contributed by atoms with Gasteiger partial charge < -0.3 is 5.32 Å². The topological polar surface area (TPSA) is 24.1 Å². The van der Waals surface area contributed by atoms with Gasteiger partial charge in [-0.05, 0) is 31.5 Å². The van der Waals surface area contributed by atoms with Crippen molar-refractivity contribution < 1.29 is 0 Å². The molecule has 0 saturated carbocycles. The van der Waals surface area contributed by atoms with Gasteiger partial charge in [0.05, 0.1) is 0 Å². The smallest absolute Gasteiger partial charge is 0.103 e. The van der Waals surface area contributed by atoms with Gasteiger partial charge in [-0.3, -0.25) is 5.32 Å². The summed E-state index contributed by atoms with van der Waals surface area (Å²) in [6.07, 6.45) is 0.133. The van der Waals surface area contributed by atoms with Gasteiger partial charge in [0, 0.05) is 11.7 Å². The molecule has 0 amide bonds. The number of hydrogen-bond acceptors (Lipinski definition) is 2. The van der Waals surface area contributed by atoms with Gasteiger partial charge in [-0.15, -0.1) is 0 Å². The summed E-state index contributed by atoms with van der Waals surface area (Å²) in [5.74, 6) is 0. The summed E-state index contributed by atoms with van der Waals surface area (Å²) in [6, 6.07) is 21.1. The van der Waals surface area contributed by atoms with Crippen LogP contribution in [-0.2, 0) is 0 Å². The number of hydrogen-bond donors (Lipinski definition) is 2. The molecule has 0 aromatic heterocycles. The first-order chi connectivity index (χ1) is 10.8. The molecule has 0 aliphatic carbocycles. The van der Waals surface area contributed by atoms with Gasteiger partial charge in [0.1, 0.15) is 6.17 Å². The average molecular weight is 300 g/mol. The van der Waals surface area contributed by atoms with E-state index in [1.165, 1.54) is 5.56 Å². The second kappa shape index (κ2) is 12.9. The van der Waals surface area contributed by atoms with Crippen molar-refractivity contribution in [1.29, 1.82) is 0 Å². The normalized spacial score (nSPS) is 10.7. The van der Waals surface area contributed by atoms with Crippen LogP contribution in [0.5, 0.6) is 0 Å². The van der Waals surface area contributed by atoms with Gasteiger partial charge in [0.25, 0.3) is 0 Å². The van der Waals surface area contributed by atoms with Crippen molar-refractivity contribution in [2.75, 3.05) is 5.32 Å². The van der Waals surface area contributed by atoms with Crippen molar-refractivity contribution in [3.8, 4) is 0 Å². The molecule has 0 aliphatic rings. The molecule has 0 saturated heterocycles. The molecular formula is C20H32N2. The number of rotatable bonds is 5. The minimum absolute atomic E-state index is 0.133. The molecule has 2 N–H and O–H groups in total. The van der Waals surface area contributed by atoms with Crippen molar-refractivity contribution in [2.24, 2.45) is 0 Å². The van der Waals surface area contributed by atoms with Crippen molar-refractivity contribution in [1.82, 2.24) is 5.32 Å². The van der Waals surface area contributed by atoms with E-state index in [0.29, 0.717) is 6.04 Å². The quantitative estimate of drug-likeness (QED) is 0.677. The standard InChI is InChI=1S/C16H20N2.2C2H6/c1-13(2)17-16(14-9-5-3-6-10-14)18-15-11-7-4-8-12-15;2*1-2/h3-13,16-18H,1-2H3;2*1-2H3. The third kappa shape index (κ3) is 7.84. The molecule has 2 aromatic carbocycles. The Morgan fingerprint density at radius 1 is 0.682 bits per heavy atom. The second-order valence-electron chi connectivity index (χ2n) is 4.68. The average Bonchev–Trinajstić information content (AvgIpc) is 2.59. The monoisotopic (exact) mass is 300 g/mol. The third-order valence-corrected chi connectivity index (χ3v) is 2.72. The van der Waals surface area contributed by atoms with Crippen molar-refractivity contribution in [2.45, 2.75) is 53.8 Å². The lowest BCUT2D eigenvalue weighted by Crippen LogP contribution is -2.33. The molecule has 0 bridgehead atoms. The Morgan fingerprint density at radius 2 is 1.14 bits per heavy atom. The molecule has 22 heavy (non-hydrogen) atoms. The molecule has 0 spiro atoms. The minimum atomic E-state index is 0.133. The first-order valence-corrected chi connectivity index (χ1v) is 8.38. The Labute approximate surface area is 137 Å². The van der Waals surface area contributed by atoms with Gasteiger partial charge in [-0.2, -0.15) is 0 Å². The predicted octanol–water partition coefficient (Wildman–Crippen LogP) is 5.85. The zero-order chi connectivity index (χ0) is 16.8. The SMILES string of the molecule is CC.CC.CC(C)NC(Nc1ccccc1)c1ccccc1. The first-order valence-electron chi connectivity index (χ1n) is 8.38. The summed E-state index contributed by atoms with van der Waals surface area (Å²) >= 11 is 0. The molecule has 0 aliphatic heterocycles. The maximum Gasteiger partial charge on any atom is 0.103 e. The molecule has 1 atom stereocenters. The van der Waals surface area contributed by atoms with Crippen LogP contribution in [0.1, 0.15) is 53.3 Å². The van der Waals surface area contributed by atoms with E-state index in [0.717, 1.165) is 5.69 Å². The van der Waals surface area contributed by atoms with Crippen LogP contribution < -0.4 is 10.6 Å². The molecule has 1 unspecified atom stereocenters. The molecule has 0 heterocycles. The summed E-state index contributed by atoms with van der Waals surface area (Å²) in [4.78, 5) is 0. The molecule has 2 heteroatoms. The lowest BCUT2D eigenvalue weighted by molar-refractivity contribution is 0.515. The van der Waals surface area contributed by atoms with Crippen LogP contribution in [0.25, 0.3) is 0 Å². The van der Waals surface area contributed by atoms with E-state index >= 15 is 0 Å².